The van der Waals surface area contributed by atoms with E-state index in [4.69, 9.17) is 9.40 Å². The van der Waals surface area contributed by atoms with Gasteiger partial charge in [0.2, 0.25) is 0 Å². The number of nitriles is 1. The quantitative estimate of drug-likeness (QED) is 0.492. The maximum absolute atomic E-state index is 13.4. The molecule has 1 fully saturated rings. The van der Waals surface area contributed by atoms with Gasteiger partial charge in [-0.3, -0.25) is 14.0 Å². The highest BCUT2D eigenvalue weighted by Crippen LogP contribution is 2.25. The van der Waals surface area contributed by atoms with Crippen molar-refractivity contribution in [3.63, 3.8) is 0 Å². The number of rotatable bonds is 5. The van der Waals surface area contributed by atoms with Crippen LogP contribution in [0.5, 0.6) is 0 Å². The van der Waals surface area contributed by atoms with E-state index < -0.39 is 5.91 Å². The first-order valence-electron chi connectivity index (χ1n) is 10.7. The lowest BCUT2D eigenvalue weighted by Crippen LogP contribution is -2.37. The van der Waals surface area contributed by atoms with E-state index in [0.717, 1.165) is 31.5 Å². The molecule has 1 N–H and O–H groups in total. The third kappa shape index (κ3) is 4.28. The van der Waals surface area contributed by atoms with Gasteiger partial charge in [-0.25, -0.2) is 4.98 Å². The minimum absolute atomic E-state index is 0.148. The number of hydrogen-bond acceptors (Lipinski definition) is 6. The summed E-state index contributed by atoms with van der Waals surface area (Å²) in [5.74, 6) is 0.976. The monoisotopic (exact) mass is 431 g/mol. The molecule has 4 rings (SSSR count). The van der Waals surface area contributed by atoms with Gasteiger partial charge in [-0.2, -0.15) is 5.26 Å². The fraction of sp³-hybridized carbons (Fsp3) is 0.333. The maximum Gasteiger partial charge on any atom is 0.267 e. The van der Waals surface area contributed by atoms with Crippen molar-refractivity contribution in [3.8, 4) is 6.07 Å². The Labute approximate surface area is 185 Å². The molecular formula is C24H25N5O3. The van der Waals surface area contributed by atoms with Crippen LogP contribution in [0.15, 0.2) is 51.5 Å². The van der Waals surface area contributed by atoms with Crippen LogP contribution in [0.2, 0.25) is 0 Å². The number of amides is 1. The van der Waals surface area contributed by atoms with Gasteiger partial charge in [0.05, 0.1) is 18.4 Å². The van der Waals surface area contributed by atoms with Crippen molar-refractivity contribution in [1.29, 1.82) is 5.26 Å². The zero-order valence-corrected chi connectivity index (χ0v) is 18.2. The van der Waals surface area contributed by atoms with Crippen LogP contribution in [0, 0.1) is 24.2 Å². The van der Waals surface area contributed by atoms with Crippen LogP contribution in [0.1, 0.15) is 36.7 Å². The van der Waals surface area contributed by atoms with Crippen LogP contribution in [0.4, 0.5) is 5.82 Å². The first kappa shape index (κ1) is 21.4. The van der Waals surface area contributed by atoms with Gasteiger partial charge in [-0.1, -0.05) is 13.0 Å². The molecule has 1 aliphatic rings. The highest BCUT2D eigenvalue weighted by atomic mass is 16.3. The van der Waals surface area contributed by atoms with E-state index in [-0.39, 0.29) is 23.2 Å². The van der Waals surface area contributed by atoms with Crippen molar-refractivity contribution in [3.05, 3.63) is 69.5 Å². The van der Waals surface area contributed by atoms with Crippen molar-refractivity contribution in [2.45, 2.75) is 33.2 Å². The van der Waals surface area contributed by atoms with E-state index in [1.165, 1.54) is 16.7 Å². The summed E-state index contributed by atoms with van der Waals surface area (Å²) in [5, 5.41) is 12.3. The molecule has 0 radical (unpaired) electrons. The lowest BCUT2D eigenvalue weighted by atomic mass is 10.00. The van der Waals surface area contributed by atoms with Gasteiger partial charge in [-0.05, 0) is 55.5 Å². The number of nitrogens with zero attached hydrogens (tertiary/aromatic N) is 4. The van der Waals surface area contributed by atoms with Crippen LogP contribution in [0.3, 0.4) is 0 Å². The fourth-order valence-electron chi connectivity index (χ4n) is 4.02. The number of anilines is 1. The third-order valence-corrected chi connectivity index (χ3v) is 5.68. The molecule has 32 heavy (non-hydrogen) atoms. The van der Waals surface area contributed by atoms with Gasteiger partial charge in [0, 0.05) is 19.3 Å². The summed E-state index contributed by atoms with van der Waals surface area (Å²) < 4.78 is 6.68. The Balaban J connectivity index is 1.79. The molecule has 8 heteroatoms. The Bertz CT molecular complexity index is 1270. The molecule has 1 aliphatic heterocycles. The minimum Gasteiger partial charge on any atom is -0.467 e. The number of fused-ring (bicyclic) bond motifs is 1. The molecule has 0 unspecified atom stereocenters. The summed E-state index contributed by atoms with van der Waals surface area (Å²) in [7, 11) is 0. The Morgan fingerprint density at radius 1 is 1.41 bits per heavy atom. The number of piperidine rings is 1. The molecule has 164 valence electrons. The lowest BCUT2D eigenvalue weighted by molar-refractivity contribution is -0.117. The summed E-state index contributed by atoms with van der Waals surface area (Å²) in [6, 6.07) is 9.07. The number of carbonyl (C=O) groups excluding carboxylic acids is 1. The number of pyridine rings is 1. The van der Waals surface area contributed by atoms with Crippen LogP contribution in [-0.4, -0.2) is 28.4 Å². The normalized spacial score (nSPS) is 16.7. The van der Waals surface area contributed by atoms with E-state index in [9.17, 15) is 14.9 Å². The van der Waals surface area contributed by atoms with Crippen molar-refractivity contribution in [2.75, 3.05) is 18.0 Å². The van der Waals surface area contributed by atoms with Crippen molar-refractivity contribution in [2.24, 2.45) is 5.92 Å². The van der Waals surface area contributed by atoms with Gasteiger partial charge in [0.15, 0.2) is 0 Å². The Hall–Kier alpha value is -3.86. The Morgan fingerprint density at radius 2 is 2.25 bits per heavy atom. The van der Waals surface area contributed by atoms with E-state index >= 15 is 0 Å². The molecule has 0 aliphatic carbocycles. The summed E-state index contributed by atoms with van der Waals surface area (Å²) in [6.07, 6.45) is 6.63. The number of hydrogen-bond donors (Lipinski definition) is 1. The maximum atomic E-state index is 13.4. The number of aryl methyl sites for hydroxylation is 1. The molecular weight excluding hydrogens is 406 g/mol. The lowest BCUT2D eigenvalue weighted by Gasteiger charge is -2.32. The summed E-state index contributed by atoms with van der Waals surface area (Å²) in [6.45, 7) is 5.76. The second-order valence-electron chi connectivity index (χ2n) is 8.16. The first-order chi connectivity index (χ1) is 15.5. The second kappa shape index (κ2) is 9.10. The molecule has 3 aromatic rings. The number of furan rings is 1. The predicted octanol–water partition coefficient (Wildman–Crippen LogP) is 3.06. The van der Waals surface area contributed by atoms with E-state index in [1.807, 2.05) is 19.1 Å². The minimum atomic E-state index is -0.574. The number of carbonyl (C=O) groups is 1. The predicted molar refractivity (Wildman–Crippen MR) is 121 cm³/mol. The van der Waals surface area contributed by atoms with Gasteiger partial charge >= 0.3 is 0 Å². The molecule has 0 saturated carbocycles. The largest absolute Gasteiger partial charge is 0.467 e. The topological polar surface area (TPSA) is 104 Å². The molecule has 0 aromatic carbocycles. The molecule has 1 atom stereocenters. The Kier molecular flexibility index (Phi) is 6.08. The van der Waals surface area contributed by atoms with Gasteiger partial charge in [-0.15, -0.1) is 0 Å². The van der Waals surface area contributed by atoms with Crippen molar-refractivity contribution < 1.29 is 9.21 Å². The summed E-state index contributed by atoms with van der Waals surface area (Å²) in [5.41, 5.74) is 1.23. The third-order valence-electron chi connectivity index (χ3n) is 5.68. The molecule has 0 spiro atoms. The highest BCUT2D eigenvalue weighted by molar-refractivity contribution is 6.02. The Morgan fingerprint density at radius 3 is 2.97 bits per heavy atom. The van der Waals surface area contributed by atoms with Crippen molar-refractivity contribution in [1.82, 2.24) is 14.7 Å². The zero-order chi connectivity index (χ0) is 22.7. The summed E-state index contributed by atoms with van der Waals surface area (Å²) in [4.78, 5) is 33.0. The molecule has 0 bridgehead atoms. The SMILES string of the molecule is Cc1cccn2c(=O)c(/C=C(\C#N)C(=O)NCc3ccco3)c(N3CCC[C@@H](C)C3)nc12. The smallest absolute Gasteiger partial charge is 0.267 e. The van der Waals surface area contributed by atoms with E-state index in [2.05, 4.69) is 17.1 Å². The average Bonchev–Trinajstić information content (AvgIpc) is 3.31. The van der Waals surface area contributed by atoms with E-state index in [1.54, 1.807) is 24.4 Å². The van der Waals surface area contributed by atoms with Gasteiger partial charge in [0.25, 0.3) is 11.5 Å². The van der Waals surface area contributed by atoms with E-state index in [0.29, 0.717) is 23.1 Å². The number of nitrogens with one attached hydrogen (secondary N) is 1. The van der Waals surface area contributed by atoms with Crippen LogP contribution in [-0.2, 0) is 11.3 Å². The standard InChI is InChI=1S/C24H25N5O3/c1-16-6-3-9-28(15-16)22-20(24(31)29-10-4-7-17(2)21(29)27-22)12-18(13-25)23(30)26-14-19-8-5-11-32-19/h4-5,7-8,10-12,16H,3,6,9,14-15H2,1-2H3,(H,26,30)/b18-12+/t16-/m1/s1. The molecule has 8 nitrogen and oxygen atoms in total. The average molecular weight is 431 g/mol. The second-order valence-corrected chi connectivity index (χ2v) is 8.16. The van der Waals surface area contributed by atoms with Crippen LogP contribution in [0.25, 0.3) is 11.7 Å². The van der Waals surface area contributed by atoms with Gasteiger partial charge in [0.1, 0.15) is 28.9 Å². The fourth-order valence-corrected chi connectivity index (χ4v) is 4.02. The van der Waals surface area contributed by atoms with Crippen LogP contribution < -0.4 is 15.8 Å². The summed E-state index contributed by atoms with van der Waals surface area (Å²) >= 11 is 0. The molecule has 4 heterocycles. The number of aromatic nitrogens is 2. The molecule has 3 aromatic heterocycles. The zero-order valence-electron chi connectivity index (χ0n) is 18.2. The van der Waals surface area contributed by atoms with Gasteiger partial charge < -0.3 is 14.6 Å². The molecule has 1 amide bonds. The first-order valence-corrected chi connectivity index (χ1v) is 10.7. The highest BCUT2D eigenvalue weighted by Gasteiger charge is 2.24. The molecule has 1 saturated heterocycles. The van der Waals surface area contributed by atoms with Crippen molar-refractivity contribution >= 4 is 23.4 Å². The van der Waals surface area contributed by atoms with Crippen LogP contribution >= 0.6 is 0 Å².